The molecule has 0 unspecified atom stereocenters. The molecule has 1 saturated heterocycles. The number of methoxy groups -OCH3 is 1. The molecule has 1 amide bonds. The van der Waals surface area contributed by atoms with E-state index >= 15 is 0 Å². The second kappa shape index (κ2) is 7.39. The van der Waals surface area contributed by atoms with Crippen molar-refractivity contribution in [2.75, 3.05) is 20.2 Å². The van der Waals surface area contributed by atoms with Crippen molar-refractivity contribution in [2.45, 2.75) is 18.1 Å². The lowest BCUT2D eigenvalue weighted by molar-refractivity contribution is 0.0287. The van der Waals surface area contributed by atoms with Crippen LogP contribution in [0.25, 0.3) is 0 Å². The van der Waals surface area contributed by atoms with Gasteiger partial charge in [0.15, 0.2) is 11.6 Å². The second-order valence-electron chi connectivity index (χ2n) is 6.20. The van der Waals surface area contributed by atoms with Crippen LogP contribution in [0.1, 0.15) is 22.3 Å². The molecule has 0 radical (unpaired) electrons. The minimum absolute atomic E-state index is 0.0759. The number of hydrogen-bond donors (Lipinski definition) is 3. The fourth-order valence-corrected chi connectivity index (χ4v) is 3.34. The molecule has 2 aromatic carbocycles. The number of halogens is 2. The van der Waals surface area contributed by atoms with Gasteiger partial charge in [-0.3, -0.25) is 4.79 Å². The number of aliphatic hydroxyl groups excluding tert-OH is 1. The quantitative estimate of drug-likeness (QED) is 0.778. The zero-order chi connectivity index (χ0) is 18.7. The predicted molar refractivity (Wildman–Crippen MR) is 92.0 cm³/mol. The first-order valence-electron chi connectivity index (χ1n) is 8.28. The third-order valence-electron chi connectivity index (χ3n) is 4.73. The minimum Gasteiger partial charge on any atom is -0.496 e. The van der Waals surface area contributed by atoms with Gasteiger partial charge in [-0.2, -0.15) is 0 Å². The Labute approximate surface area is 150 Å². The Balaban J connectivity index is 2.04. The van der Waals surface area contributed by atoms with Gasteiger partial charge in [0, 0.05) is 6.54 Å². The van der Waals surface area contributed by atoms with Crippen LogP contribution in [0.5, 0.6) is 5.75 Å². The summed E-state index contributed by atoms with van der Waals surface area (Å²) < 4.78 is 33.0. The maximum Gasteiger partial charge on any atom is 0.258 e. The van der Waals surface area contributed by atoms with Gasteiger partial charge >= 0.3 is 0 Å². The van der Waals surface area contributed by atoms with Crippen LogP contribution >= 0.6 is 0 Å². The maximum atomic E-state index is 14.3. The molecule has 1 heterocycles. The van der Waals surface area contributed by atoms with E-state index in [1.165, 1.54) is 13.2 Å². The number of β-amino-alcohol motifs (C(OH)–C–C–N with tert-alkyl or cyclic N) is 1. The van der Waals surface area contributed by atoms with E-state index in [1.54, 1.807) is 24.3 Å². The predicted octanol–water partition coefficient (Wildman–Crippen LogP) is 1.95. The second-order valence-corrected chi connectivity index (χ2v) is 6.20. The van der Waals surface area contributed by atoms with Crippen LogP contribution in [0, 0.1) is 11.6 Å². The average Bonchev–Trinajstić information content (AvgIpc) is 2.66. The highest BCUT2D eigenvalue weighted by molar-refractivity contribution is 5.97. The molecule has 1 aliphatic heterocycles. The summed E-state index contributed by atoms with van der Waals surface area (Å²) in [6.07, 6.45) is -0.548. The number of ether oxygens (including phenoxy) is 1. The van der Waals surface area contributed by atoms with Crippen molar-refractivity contribution in [2.24, 2.45) is 0 Å². The number of carbonyl (C=O) groups excluding carboxylic acids is 1. The molecular weight excluding hydrogens is 342 g/mol. The average molecular weight is 362 g/mol. The first-order chi connectivity index (χ1) is 12.5. The van der Waals surface area contributed by atoms with Gasteiger partial charge in [0.1, 0.15) is 11.3 Å². The Bertz CT molecular complexity index is 801. The summed E-state index contributed by atoms with van der Waals surface area (Å²) in [4.78, 5) is 12.9. The normalized spacial score (nSPS) is 22.7. The van der Waals surface area contributed by atoms with Crippen LogP contribution in [-0.2, 0) is 5.54 Å². The van der Waals surface area contributed by atoms with Crippen molar-refractivity contribution < 1.29 is 23.4 Å². The summed E-state index contributed by atoms with van der Waals surface area (Å²) in [6.45, 7) is 0.812. The lowest BCUT2D eigenvalue weighted by atomic mass is 9.79. The number of rotatable bonds is 4. The Morgan fingerprint density at radius 2 is 2.00 bits per heavy atom. The van der Waals surface area contributed by atoms with Gasteiger partial charge in [0.25, 0.3) is 5.91 Å². The van der Waals surface area contributed by atoms with E-state index in [4.69, 9.17) is 4.74 Å². The van der Waals surface area contributed by atoms with E-state index in [1.807, 2.05) is 6.07 Å². The minimum atomic E-state index is -1.28. The smallest absolute Gasteiger partial charge is 0.258 e. The molecule has 1 fully saturated rings. The van der Waals surface area contributed by atoms with Crippen LogP contribution in [0.15, 0.2) is 42.5 Å². The molecule has 3 rings (SSSR count). The third kappa shape index (κ3) is 3.15. The SMILES string of the molecule is COc1ccc(F)c(F)c1C(=O)N[C@]1(c2ccccc2)CCNC[C@H]1O. The molecule has 0 bridgehead atoms. The number of piperidine rings is 1. The number of benzene rings is 2. The molecule has 0 spiro atoms. The topological polar surface area (TPSA) is 70.6 Å². The van der Waals surface area contributed by atoms with Gasteiger partial charge in [-0.05, 0) is 30.7 Å². The Morgan fingerprint density at radius 1 is 1.27 bits per heavy atom. The highest BCUT2D eigenvalue weighted by Gasteiger charge is 2.43. The van der Waals surface area contributed by atoms with E-state index in [2.05, 4.69) is 10.6 Å². The first-order valence-corrected chi connectivity index (χ1v) is 8.28. The molecule has 0 aliphatic carbocycles. The van der Waals surface area contributed by atoms with E-state index in [0.717, 1.165) is 6.07 Å². The van der Waals surface area contributed by atoms with Crippen molar-refractivity contribution in [3.63, 3.8) is 0 Å². The summed E-state index contributed by atoms with van der Waals surface area (Å²) in [6, 6.07) is 11.1. The van der Waals surface area contributed by atoms with Gasteiger partial charge in [-0.1, -0.05) is 30.3 Å². The summed E-state index contributed by atoms with van der Waals surface area (Å²) in [5.41, 5.74) is -0.945. The molecule has 138 valence electrons. The van der Waals surface area contributed by atoms with Crippen molar-refractivity contribution in [3.8, 4) is 5.75 Å². The van der Waals surface area contributed by atoms with Crippen molar-refractivity contribution >= 4 is 5.91 Å². The number of carbonyl (C=O) groups is 1. The highest BCUT2D eigenvalue weighted by Crippen LogP contribution is 2.33. The highest BCUT2D eigenvalue weighted by atomic mass is 19.2. The molecule has 3 N–H and O–H groups in total. The van der Waals surface area contributed by atoms with E-state index in [-0.39, 0.29) is 12.3 Å². The fraction of sp³-hybridized carbons (Fsp3) is 0.316. The summed E-state index contributed by atoms with van der Waals surface area (Å²) in [7, 11) is 1.27. The van der Waals surface area contributed by atoms with Gasteiger partial charge in [0.05, 0.1) is 18.8 Å². The number of aliphatic hydroxyl groups is 1. The van der Waals surface area contributed by atoms with Gasteiger partial charge in [0.2, 0.25) is 0 Å². The van der Waals surface area contributed by atoms with Gasteiger partial charge in [-0.25, -0.2) is 8.78 Å². The van der Waals surface area contributed by atoms with Crippen LogP contribution in [0.3, 0.4) is 0 Å². The van der Waals surface area contributed by atoms with E-state index in [0.29, 0.717) is 18.5 Å². The Morgan fingerprint density at radius 3 is 2.65 bits per heavy atom. The van der Waals surface area contributed by atoms with Crippen molar-refractivity contribution in [3.05, 3.63) is 65.2 Å². The van der Waals surface area contributed by atoms with E-state index in [9.17, 15) is 18.7 Å². The van der Waals surface area contributed by atoms with Crippen molar-refractivity contribution in [1.82, 2.24) is 10.6 Å². The third-order valence-corrected chi connectivity index (χ3v) is 4.73. The zero-order valence-corrected chi connectivity index (χ0v) is 14.3. The molecule has 5 nitrogen and oxygen atoms in total. The van der Waals surface area contributed by atoms with Crippen molar-refractivity contribution in [1.29, 1.82) is 0 Å². The lowest BCUT2D eigenvalue weighted by Gasteiger charge is -2.43. The molecule has 0 aromatic heterocycles. The summed E-state index contributed by atoms with van der Waals surface area (Å²) >= 11 is 0. The number of nitrogens with one attached hydrogen (secondary N) is 2. The molecule has 1 aliphatic rings. The molecular formula is C19H20F2N2O3. The fourth-order valence-electron chi connectivity index (χ4n) is 3.34. The Hall–Kier alpha value is -2.51. The zero-order valence-electron chi connectivity index (χ0n) is 14.3. The van der Waals surface area contributed by atoms with Crippen LogP contribution in [0.2, 0.25) is 0 Å². The van der Waals surface area contributed by atoms with Gasteiger partial charge in [-0.15, -0.1) is 0 Å². The van der Waals surface area contributed by atoms with Crippen LogP contribution < -0.4 is 15.4 Å². The molecule has 26 heavy (non-hydrogen) atoms. The first kappa shape index (κ1) is 18.3. The molecule has 2 atom stereocenters. The maximum absolute atomic E-state index is 14.3. The molecule has 7 heteroatoms. The number of amides is 1. The van der Waals surface area contributed by atoms with Crippen LogP contribution in [-0.4, -0.2) is 37.3 Å². The van der Waals surface area contributed by atoms with Crippen LogP contribution in [0.4, 0.5) is 8.78 Å². The number of hydrogen-bond acceptors (Lipinski definition) is 4. The molecule has 2 aromatic rings. The largest absolute Gasteiger partial charge is 0.496 e. The lowest BCUT2D eigenvalue weighted by Crippen LogP contribution is -2.61. The monoisotopic (exact) mass is 362 g/mol. The van der Waals surface area contributed by atoms with Gasteiger partial charge < -0.3 is 20.5 Å². The standard InChI is InChI=1S/C19H20F2N2O3/c1-26-14-8-7-13(20)17(21)16(14)18(25)23-19(9-10-22-11-15(19)24)12-5-3-2-4-6-12/h2-8,15,22,24H,9-11H2,1H3,(H,23,25)/t15-,19+/m1/s1. The molecule has 0 saturated carbocycles. The van der Waals surface area contributed by atoms with E-state index < -0.39 is 34.7 Å². The Kier molecular flexibility index (Phi) is 5.20. The summed E-state index contributed by atoms with van der Waals surface area (Å²) in [5.74, 6) is -3.35. The summed E-state index contributed by atoms with van der Waals surface area (Å²) in [5, 5.41) is 16.4.